The largest absolute Gasteiger partial charge is 0.480 e. The Morgan fingerprint density at radius 1 is 1.61 bits per heavy atom. The Kier molecular flexibility index (Phi) is 5.05. The van der Waals surface area contributed by atoms with Gasteiger partial charge in [-0.15, -0.1) is 0 Å². The van der Waals surface area contributed by atoms with Gasteiger partial charge in [0.05, 0.1) is 4.92 Å². The number of hydrogen-bond donors (Lipinski definition) is 2. The normalized spacial score (nSPS) is 12.1. The van der Waals surface area contributed by atoms with Gasteiger partial charge in [-0.25, -0.2) is 0 Å². The highest BCUT2D eigenvalue weighted by Gasteiger charge is 2.18. The number of halogens is 1. The van der Waals surface area contributed by atoms with Crippen LogP contribution in [0.2, 0.25) is 0 Å². The van der Waals surface area contributed by atoms with Gasteiger partial charge in [-0.2, -0.15) is 16.2 Å². The van der Waals surface area contributed by atoms with Crippen LogP contribution in [-0.2, 0) is 10.5 Å². The molecule has 1 atom stereocenters. The maximum atomic E-state index is 13.6. The first kappa shape index (κ1) is 14.4. The molecule has 1 unspecified atom stereocenters. The topological polar surface area (TPSA) is 106 Å². The summed E-state index contributed by atoms with van der Waals surface area (Å²) in [6, 6.07) is 2.85. The van der Waals surface area contributed by atoms with Crippen molar-refractivity contribution in [3.8, 4) is 0 Å². The monoisotopic (exact) mass is 274 g/mol. The van der Waals surface area contributed by atoms with E-state index in [1.165, 1.54) is 12.1 Å². The van der Waals surface area contributed by atoms with E-state index in [1.807, 2.05) is 0 Å². The van der Waals surface area contributed by atoms with E-state index in [0.717, 1.165) is 17.8 Å². The number of rotatable bonds is 6. The van der Waals surface area contributed by atoms with E-state index < -0.39 is 28.4 Å². The highest BCUT2D eigenvalue weighted by Crippen LogP contribution is 2.23. The van der Waals surface area contributed by atoms with Crippen molar-refractivity contribution in [1.82, 2.24) is 0 Å². The molecule has 0 aliphatic heterocycles. The first-order valence-corrected chi connectivity index (χ1v) is 6.07. The van der Waals surface area contributed by atoms with Crippen LogP contribution >= 0.6 is 11.8 Å². The van der Waals surface area contributed by atoms with Crippen molar-refractivity contribution in [2.24, 2.45) is 5.73 Å². The summed E-state index contributed by atoms with van der Waals surface area (Å²) < 4.78 is 13.6. The molecule has 1 aromatic rings. The molecule has 0 heterocycles. The van der Waals surface area contributed by atoms with Crippen molar-refractivity contribution in [1.29, 1.82) is 0 Å². The Bertz CT molecular complexity index is 469. The van der Waals surface area contributed by atoms with Gasteiger partial charge in [0.2, 0.25) is 5.82 Å². The number of carboxylic acids is 1. The molecule has 98 valence electrons. The van der Waals surface area contributed by atoms with Crippen molar-refractivity contribution < 1.29 is 19.2 Å². The van der Waals surface area contributed by atoms with Crippen LogP contribution < -0.4 is 5.73 Å². The summed E-state index contributed by atoms with van der Waals surface area (Å²) in [5.41, 5.74) is 4.85. The highest BCUT2D eigenvalue weighted by molar-refractivity contribution is 7.98. The molecule has 3 N–H and O–H groups in total. The van der Waals surface area contributed by atoms with E-state index in [2.05, 4.69) is 0 Å². The summed E-state index contributed by atoms with van der Waals surface area (Å²) in [4.78, 5) is 20.2. The Hall–Kier alpha value is -1.67. The van der Waals surface area contributed by atoms with Crippen molar-refractivity contribution in [2.45, 2.75) is 11.8 Å². The van der Waals surface area contributed by atoms with Gasteiger partial charge in [0, 0.05) is 23.1 Å². The first-order valence-electron chi connectivity index (χ1n) is 4.91. The summed E-state index contributed by atoms with van der Waals surface area (Å²) in [6.07, 6.45) is 0. The molecule has 0 aromatic heterocycles. The summed E-state index contributed by atoms with van der Waals surface area (Å²) in [5.74, 6) is -1.78. The number of benzene rings is 1. The number of carbonyl (C=O) groups is 1. The summed E-state index contributed by atoms with van der Waals surface area (Å²) in [6.45, 7) is 0. The molecule has 0 radical (unpaired) electrons. The number of aliphatic carboxylic acids is 1. The third-order valence-electron chi connectivity index (χ3n) is 2.13. The van der Waals surface area contributed by atoms with Gasteiger partial charge in [-0.05, 0) is 0 Å². The molecule has 1 rings (SSSR count). The van der Waals surface area contributed by atoms with Gasteiger partial charge in [0.1, 0.15) is 6.04 Å². The van der Waals surface area contributed by atoms with Crippen molar-refractivity contribution in [3.63, 3.8) is 0 Å². The van der Waals surface area contributed by atoms with Crippen LogP contribution in [0.3, 0.4) is 0 Å². The smallest absolute Gasteiger partial charge is 0.321 e. The first-order chi connectivity index (χ1) is 8.43. The minimum absolute atomic E-state index is 0.109. The lowest BCUT2D eigenvalue weighted by Gasteiger charge is -2.06. The Morgan fingerprint density at radius 3 is 2.83 bits per heavy atom. The van der Waals surface area contributed by atoms with Crippen molar-refractivity contribution >= 4 is 23.4 Å². The second kappa shape index (κ2) is 6.31. The molecule has 0 amide bonds. The zero-order valence-electron chi connectivity index (χ0n) is 9.21. The quantitative estimate of drug-likeness (QED) is 0.599. The number of nitrogens with two attached hydrogens (primary N) is 1. The molecular weight excluding hydrogens is 263 g/mol. The molecule has 0 aliphatic carbocycles. The minimum atomic E-state index is -1.14. The van der Waals surface area contributed by atoms with Crippen molar-refractivity contribution in [3.05, 3.63) is 39.7 Å². The summed E-state index contributed by atoms with van der Waals surface area (Å²) >= 11 is 1.11. The maximum Gasteiger partial charge on any atom is 0.321 e. The molecule has 0 fully saturated rings. The van der Waals surface area contributed by atoms with Crippen LogP contribution in [0.1, 0.15) is 5.56 Å². The lowest BCUT2D eigenvalue weighted by atomic mass is 10.2. The average Bonchev–Trinajstić information content (AvgIpc) is 2.30. The molecule has 18 heavy (non-hydrogen) atoms. The molecule has 0 bridgehead atoms. The van der Waals surface area contributed by atoms with Crippen LogP contribution in [0.25, 0.3) is 0 Å². The molecule has 0 saturated heterocycles. The third kappa shape index (κ3) is 3.67. The van der Waals surface area contributed by atoms with E-state index in [1.54, 1.807) is 0 Å². The summed E-state index contributed by atoms with van der Waals surface area (Å²) in [7, 11) is 0. The van der Waals surface area contributed by atoms with E-state index in [4.69, 9.17) is 10.8 Å². The fourth-order valence-electron chi connectivity index (χ4n) is 1.19. The molecule has 6 nitrogen and oxygen atoms in total. The van der Waals surface area contributed by atoms with Gasteiger partial charge in [-0.1, -0.05) is 12.1 Å². The zero-order chi connectivity index (χ0) is 13.7. The Balaban J connectivity index is 2.66. The fraction of sp³-hybridized carbons (Fsp3) is 0.300. The van der Waals surface area contributed by atoms with Gasteiger partial charge in [0.25, 0.3) is 0 Å². The predicted molar refractivity (Wildman–Crippen MR) is 64.8 cm³/mol. The number of nitro benzene ring substituents is 1. The van der Waals surface area contributed by atoms with Gasteiger partial charge >= 0.3 is 11.7 Å². The van der Waals surface area contributed by atoms with Crippen LogP contribution in [0, 0.1) is 15.9 Å². The van der Waals surface area contributed by atoms with Crippen LogP contribution in [-0.4, -0.2) is 27.8 Å². The van der Waals surface area contributed by atoms with Gasteiger partial charge in [-0.3, -0.25) is 14.9 Å². The molecular formula is C10H11FN2O4S. The molecule has 0 aliphatic rings. The SMILES string of the molecule is NC(CSCc1cccc([N+](=O)[O-])c1F)C(=O)O. The molecule has 0 spiro atoms. The Labute approximate surface area is 106 Å². The maximum absolute atomic E-state index is 13.6. The number of nitrogens with zero attached hydrogens (tertiary/aromatic N) is 1. The Morgan fingerprint density at radius 2 is 2.28 bits per heavy atom. The zero-order valence-corrected chi connectivity index (χ0v) is 10.0. The summed E-state index contributed by atoms with van der Waals surface area (Å²) in [5, 5.41) is 19.1. The molecule has 1 aromatic carbocycles. The third-order valence-corrected chi connectivity index (χ3v) is 3.24. The number of nitro groups is 1. The highest BCUT2D eigenvalue weighted by atomic mass is 32.2. The van der Waals surface area contributed by atoms with E-state index in [0.29, 0.717) is 0 Å². The number of carboxylic acid groups (broad SMARTS) is 1. The standard InChI is InChI=1S/C10H11FN2O4S/c11-9-6(2-1-3-8(9)13(16)17)4-18-5-7(12)10(14)15/h1-3,7H,4-5,12H2,(H,14,15). The molecule has 0 saturated carbocycles. The van der Waals surface area contributed by atoms with E-state index >= 15 is 0 Å². The number of thioether (sulfide) groups is 1. The second-order valence-corrected chi connectivity index (χ2v) is 4.50. The minimum Gasteiger partial charge on any atom is -0.480 e. The lowest BCUT2D eigenvalue weighted by Crippen LogP contribution is -2.32. The second-order valence-electron chi connectivity index (χ2n) is 3.47. The predicted octanol–water partition coefficient (Wildman–Crippen LogP) is 1.38. The van der Waals surface area contributed by atoms with Crippen LogP contribution in [0.5, 0.6) is 0 Å². The van der Waals surface area contributed by atoms with E-state index in [9.17, 15) is 19.3 Å². The molecule has 8 heteroatoms. The van der Waals surface area contributed by atoms with Gasteiger partial charge in [0.15, 0.2) is 0 Å². The van der Waals surface area contributed by atoms with Crippen LogP contribution in [0.4, 0.5) is 10.1 Å². The number of hydrogen-bond acceptors (Lipinski definition) is 5. The lowest BCUT2D eigenvalue weighted by molar-refractivity contribution is -0.387. The van der Waals surface area contributed by atoms with E-state index in [-0.39, 0.29) is 17.1 Å². The van der Waals surface area contributed by atoms with Gasteiger partial charge < -0.3 is 10.8 Å². The fourth-order valence-corrected chi connectivity index (χ4v) is 2.14. The van der Waals surface area contributed by atoms with Crippen molar-refractivity contribution in [2.75, 3.05) is 5.75 Å². The van der Waals surface area contributed by atoms with Crippen LogP contribution in [0.15, 0.2) is 18.2 Å². The average molecular weight is 274 g/mol.